The lowest BCUT2D eigenvalue weighted by Gasteiger charge is -2.34. The fraction of sp³-hybridized carbons (Fsp3) is 0.571. The lowest BCUT2D eigenvalue weighted by atomic mass is 10.1. The van der Waals surface area contributed by atoms with Gasteiger partial charge in [0.1, 0.15) is 23.7 Å². The van der Waals surface area contributed by atoms with E-state index in [-0.39, 0.29) is 17.6 Å². The number of hydrogen-bond donors (Lipinski definition) is 1. The van der Waals surface area contributed by atoms with Gasteiger partial charge in [0.15, 0.2) is 5.79 Å². The summed E-state index contributed by atoms with van der Waals surface area (Å²) in [6.07, 6.45) is -1.19. The van der Waals surface area contributed by atoms with Gasteiger partial charge in [0.05, 0.1) is 6.61 Å². The highest BCUT2D eigenvalue weighted by Gasteiger charge is 2.50. The Balaban J connectivity index is 1.69. The van der Waals surface area contributed by atoms with Crippen molar-refractivity contribution in [3.8, 4) is 0 Å². The van der Waals surface area contributed by atoms with Crippen molar-refractivity contribution in [2.24, 2.45) is 0 Å². The minimum Gasteiger partial charge on any atom is -0.387 e. The quantitative estimate of drug-likeness (QED) is 0.899. The molecule has 2 heterocycles. The van der Waals surface area contributed by atoms with Crippen molar-refractivity contribution < 1.29 is 19.3 Å². The van der Waals surface area contributed by atoms with Crippen molar-refractivity contribution in [2.75, 3.05) is 6.61 Å². The molecule has 104 valence electrons. The zero-order valence-electron chi connectivity index (χ0n) is 11.0. The van der Waals surface area contributed by atoms with E-state index in [2.05, 4.69) is 0 Å². The molecule has 2 aliphatic rings. The predicted octanol–water partition coefficient (Wildman–Crippen LogP) is 2.02. The highest BCUT2D eigenvalue weighted by Crippen LogP contribution is 2.38. The maximum Gasteiger partial charge on any atom is 0.164 e. The molecule has 1 aromatic rings. The Morgan fingerprint density at radius 3 is 2.68 bits per heavy atom. The highest BCUT2D eigenvalue weighted by molar-refractivity contribution is 7.99. The van der Waals surface area contributed by atoms with Crippen molar-refractivity contribution in [3.05, 3.63) is 30.3 Å². The average Bonchev–Trinajstić information content (AvgIpc) is 2.70. The van der Waals surface area contributed by atoms with E-state index in [0.29, 0.717) is 6.61 Å². The lowest BCUT2D eigenvalue weighted by molar-refractivity contribution is -0.153. The van der Waals surface area contributed by atoms with Crippen LogP contribution in [0.1, 0.15) is 13.8 Å². The number of aliphatic hydroxyl groups excluding tert-OH is 1. The Bertz CT molecular complexity index is 436. The molecule has 2 fully saturated rings. The van der Waals surface area contributed by atoms with Crippen LogP contribution in [-0.4, -0.2) is 41.2 Å². The highest BCUT2D eigenvalue weighted by atomic mass is 32.2. The lowest BCUT2D eigenvalue weighted by Crippen LogP contribution is -2.50. The molecular weight excluding hydrogens is 264 g/mol. The Labute approximate surface area is 117 Å². The third-order valence-corrected chi connectivity index (χ3v) is 4.45. The zero-order chi connectivity index (χ0) is 13.5. The van der Waals surface area contributed by atoms with E-state index in [1.54, 1.807) is 0 Å². The summed E-state index contributed by atoms with van der Waals surface area (Å²) in [5, 5.41) is 10.4. The van der Waals surface area contributed by atoms with Gasteiger partial charge in [-0.2, -0.15) is 0 Å². The van der Waals surface area contributed by atoms with E-state index in [1.807, 2.05) is 44.2 Å². The average molecular weight is 282 g/mol. The molecule has 0 spiro atoms. The molecule has 0 amide bonds. The first-order valence-corrected chi connectivity index (χ1v) is 7.30. The van der Waals surface area contributed by atoms with Crippen molar-refractivity contribution in [2.45, 2.75) is 48.3 Å². The molecule has 4 unspecified atom stereocenters. The normalized spacial score (nSPS) is 37.0. The van der Waals surface area contributed by atoms with Gasteiger partial charge in [-0.1, -0.05) is 30.0 Å². The predicted molar refractivity (Wildman–Crippen MR) is 71.9 cm³/mol. The topological polar surface area (TPSA) is 47.9 Å². The third-order valence-electron chi connectivity index (χ3n) is 3.26. The number of fused-ring (bicyclic) bond motifs is 1. The van der Waals surface area contributed by atoms with Crippen LogP contribution in [-0.2, 0) is 14.2 Å². The maximum atomic E-state index is 10.4. The van der Waals surface area contributed by atoms with Crippen LogP contribution in [0.3, 0.4) is 0 Å². The molecular formula is C14H18O4S. The molecule has 0 radical (unpaired) electrons. The minimum atomic E-state index is -0.689. The standard InChI is InChI=1S/C14H18O4S/c1-14(2)17-10-8-16-13(11(15)12(10)18-14)19-9-6-4-3-5-7-9/h3-7,10-13,15H,8H2,1-2H3. The molecule has 5 heteroatoms. The van der Waals surface area contributed by atoms with Gasteiger partial charge < -0.3 is 19.3 Å². The fourth-order valence-corrected chi connectivity index (χ4v) is 3.48. The summed E-state index contributed by atoms with van der Waals surface area (Å²) in [7, 11) is 0. The summed E-state index contributed by atoms with van der Waals surface area (Å²) < 4.78 is 17.2. The molecule has 3 rings (SSSR count). The summed E-state index contributed by atoms with van der Waals surface area (Å²) in [4.78, 5) is 1.07. The zero-order valence-corrected chi connectivity index (χ0v) is 11.8. The van der Waals surface area contributed by atoms with Crippen LogP contribution in [0.5, 0.6) is 0 Å². The number of rotatable bonds is 2. The van der Waals surface area contributed by atoms with Crippen molar-refractivity contribution in [3.63, 3.8) is 0 Å². The number of ether oxygens (including phenoxy) is 3. The van der Waals surface area contributed by atoms with Crippen LogP contribution < -0.4 is 0 Å². The first-order chi connectivity index (χ1) is 9.05. The second-order valence-electron chi connectivity index (χ2n) is 5.26. The summed E-state index contributed by atoms with van der Waals surface area (Å²) in [6, 6.07) is 9.91. The van der Waals surface area contributed by atoms with Crippen molar-refractivity contribution >= 4 is 11.8 Å². The number of benzene rings is 1. The SMILES string of the molecule is CC1(C)OC2COC(Sc3ccccc3)C(O)C2O1. The Morgan fingerprint density at radius 1 is 1.21 bits per heavy atom. The summed E-state index contributed by atoms with van der Waals surface area (Å²) >= 11 is 1.51. The van der Waals surface area contributed by atoms with Gasteiger partial charge in [-0.25, -0.2) is 0 Å². The first kappa shape index (κ1) is 13.4. The molecule has 1 aromatic carbocycles. The Kier molecular flexibility index (Phi) is 3.57. The molecule has 0 saturated carbocycles. The summed E-state index contributed by atoms with van der Waals surface area (Å²) in [5.74, 6) is -0.647. The van der Waals surface area contributed by atoms with E-state index < -0.39 is 11.9 Å². The molecule has 0 bridgehead atoms. The van der Waals surface area contributed by atoms with Crippen LogP contribution >= 0.6 is 11.8 Å². The fourth-order valence-electron chi connectivity index (χ4n) is 2.46. The smallest absolute Gasteiger partial charge is 0.164 e. The van der Waals surface area contributed by atoms with Gasteiger partial charge in [-0.05, 0) is 26.0 Å². The first-order valence-electron chi connectivity index (χ1n) is 6.42. The number of aliphatic hydroxyl groups is 1. The van der Waals surface area contributed by atoms with Crippen molar-refractivity contribution in [1.29, 1.82) is 0 Å². The summed E-state index contributed by atoms with van der Waals surface area (Å²) in [6.45, 7) is 4.17. The van der Waals surface area contributed by atoms with Gasteiger partial charge >= 0.3 is 0 Å². The summed E-state index contributed by atoms with van der Waals surface area (Å²) in [5.41, 5.74) is -0.318. The number of hydrogen-bond acceptors (Lipinski definition) is 5. The van der Waals surface area contributed by atoms with Gasteiger partial charge in [0.25, 0.3) is 0 Å². The van der Waals surface area contributed by atoms with E-state index in [9.17, 15) is 5.11 Å². The van der Waals surface area contributed by atoms with Crippen LogP contribution in [0.4, 0.5) is 0 Å². The Morgan fingerprint density at radius 2 is 1.95 bits per heavy atom. The van der Waals surface area contributed by atoms with Crippen LogP contribution in [0.2, 0.25) is 0 Å². The molecule has 19 heavy (non-hydrogen) atoms. The second-order valence-corrected chi connectivity index (χ2v) is 6.43. The van der Waals surface area contributed by atoms with E-state index in [4.69, 9.17) is 14.2 Å². The maximum absolute atomic E-state index is 10.4. The third kappa shape index (κ3) is 2.80. The second kappa shape index (κ2) is 5.07. The van der Waals surface area contributed by atoms with E-state index in [1.165, 1.54) is 11.8 Å². The van der Waals surface area contributed by atoms with Crippen LogP contribution in [0, 0.1) is 0 Å². The van der Waals surface area contributed by atoms with Crippen LogP contribution in [0.15, 0.2) is 35.2 Å². The molecule has 2 saturated heterocycles. The van der Waals surface area contributed by atoms with Gasteiger partial charge in [0, 0.05) is 4.90 Å². The van der Waals surface area contributed by atoms with Gasteiger partial charge in [-0.15, -0.1) is 0 Å². The monoisotopic (exact) mass is 282 g/mol. The molecule has 1 N–H and O–H groups in total. The van der Waals surface area contributed by atoms with Gasteiger partial charge in [0.2, 0.25) is 0 Å². The number of thioether (sulfide) groups is 1. The molecule has 4 atom stereocenters. The van der Waals surface area contributed by atoms with Gasteiger partial charge in [-0.3, -0.25) is 0 Å². The van der Waals surface area contributed by atoms with E-state index >= 15 is 0 Å². The van der Waals surface area contributed by atoms with Crippen molar-refractivity contribution in [1.82, 2.24) is 0 Å². The minimum absolute atomic E-state index is 0.183. The molecule has 0 aromatic heterocycles. The molecule has 4 nitrogen and oxygen atoms in total. The van der Waals surface area contributed by atoms with E-state index in [0.717, 1.165) is 4.90 Å². The van der Waals surface area contributed by atoms with Crippen LogP contribution in [0.25, 0.3) is 0 Å². The largest absolute Gasteiger partial charge is 0.387 e. The molecule has 2 aliphatic heterocycles. The Hall–Kier alpha value is -0.590. The molecule has 0 aliphatic carbocycles.